The molecule has 2 heterocycles. The van der Waals surface area contributed by atoms with Crippen LogP contribution in [0.5, 0.6) is 0 Å². The van der Waals surface area contributed by atoms with Crippen LogP contribution in [-0.4, -0.2) is 51.0 Å². The number of amides is 2. The number of aliphatic hydroxyl groups excluding tert-OH is 1. The summed E-state index contributed by atoms with van der Waals surface area (Å²) in [6.07, 6.45) is 4.27. The second kappa shape index (κ2) is 11.0. The van der Waals surface area contributed by atoms with Gasteiger partial charge in [0.1, 0.15) is 11.9 Å². The van der Waals surface area contributed by atoms with Crippen molar-refractivity contribution < 1.29 is 19.0 Å². The molecule has 3 aromatic rings. The van der Waals surface area contributed by atoms with Crippen LogP contribution in [0.3, 0.4) is 0 Å². The van der Waals surface area contributed by atoms with Gasteiger partial charge in [-0.3, -0.25) is 4.68 Å². The third-order valence-electron chi connectivity index (χ3n) is 5.69. The van der Waals surface area contributed by atoms with E-state index in [-0.39, 0.29) is 18.8 Å². The maximum atomic E-state index is 13.3. The summed E-state index contributed by atoms with van der Waals surface area (Å²) in [5.41, 5.74) is 2.46. The van der Waals surface area contributed by atoms with Crippen LogP contribution in [0.15, 0.2) is 60.8 Å². The summed E-state index contributed by atoms with van der Waals surface area (Å²) in [7, 11) is 0. The third-order valence-corrected chi connectivity index (χ3v) is 5.69. The van der Waals surface area contributed by atoms with Gasteiger partial charge in [0.15, 0.2) is 0 Å². The topological polar surface area (TPSA) is 101 Å². The van der Waals surface area contributed by atoms with Crippen LogP contribution in [0.25, 0.3) is 0 Å². The number of ether oxygens (including phenoxy) is 1. The molecule has 2 aromatic carbocycles. The standard InChI is InChI=1S/C24H28FN5O3/c25-18-7-4-8-19(14-18)26-24(32)27-22-10-9-21(33-23(22)16-31)11-12-30-15-20(28-29-30)13-17-5-2-1-3-6-17/h1-8,14-15,21-23,31H,9-13,16H2,(H2,26,27,32)/t21-,22-,23+/m1/s1. The number of aryl methyl sites for hydroxylation is 1. The summed E-state index contributed by atoms with van der Waals surface area (Å²) in [6.45, 7) is 0.453. The fourth-order valence-corrected chi connectivity index (χ4v) is 4.02. The highest BCUT2D eigenvalue weighted by molar-refractivity contribution is 5.89. The Morgan fingerprint density at radius 1 is 1.18 bits per heavy atom. The Morgan fingerprint density at radius 3 is 2.82 bits per heavy atom. The van der Waals surface area contributed by atoms with Gasteiger partial charge in [-0.25, -0.2) is 9.18 Å². The lowest BCUT2D eigenvalue weighted by Gasteiger charge is -2.36. The van der Waals surface area contributed by atoms with E-state index in [1.165, 1.54) is 23.8 Å². The minimum absolute atomic E-state index is 0.0479. The van der Waals surface area contributed by atoms with Gasteiger partial charge in [-0.05, 0) is 43.0 Å². The monoisotopic (exact) mass is 453 g/mol. The SMILES string of the molecule is O=C(Nc1cccc(F)c1)N[C@@H]1CC[C@H](CCn2cc(Cc3ccccc3)nn2)O[C@H]1CO. The Kier molecular flexibility index (Phi) is 7.64. The summed E-state index contributed by atoms with van der Waals surface area (Å²) >= 11 is 0. The molecule has 0 unspecified atom stereocenters. The highest BCUT2D eigenvalue weighted by Crippen LogP contribution is 2.23. The predicted octanol–water partition coefficient (Wildman–Crippen LogP) is 3.13. The van der Waals surface area contributed by atoms with Gasteiger partial charge in [0.2, 0.25) is 0 Å². The molecule has 1 fully saturated rings. The molecule has 2 amide bonds. The van der Waals surface area contributed by atoms with Crippen molar-refractivity contribution in [2.75, 3.05) is 11.9 Å². The van der Waals surface area contributed by atoms with Crippen LogP contribution in [0.1, 0.15) is 30.5 Å². The molecule has 1 saturated heterocycles. The molecule has 8 nitrogen and oxygen atoms in total. The number of halogens is 1. The lowest BCUT2D eigenvalue weighted by molar-refractivity contribution is -0.0905. The van der Waals surface area contributed by atoms with E-state index in [0.717, 1.165) is 25.0 Å². The molecule has 33 heavy (non-hydrogen) atoms. The number of benzene rings is 2. The van der Waals surface area contributed by atoms with E-state index in [2.05, 4.69) is 33.1 Å². The molecule has 174 valence electrons. The molecule has 0 radical (unpaired) electrons. The number of aromatic nitrogens is 3. The Bertz CT molecular complexity index is 1050. The summed E-state index contributed by atoms with van der Waals surface area (Å²) in [6, 6.07) is 15.0. The number of carbonyl (C=O) groups excluding carboxylic acids is 1. The first kappa shape index (κ1) is 22.9. The molecule has 0 spiro atoms. The van der Waals surface area contributed by atoms with Gasteiger partial charge < -0.3 is 20.5 Å². The molecular formula is C24H28FN5O3. The van der Waals surface area contributed by atoms with Crippen LogP contribution >= 0.6 is 0 Å². The van der Waals surface area contributed by atoms with Gasteiger partial charge >= 0.3 is 6.03 Å². The summed E-state index contributed by atoms with van der Waals surface area (Å²) in [4.78, 5) is 12.3. The number of nitrogens with one attached hydrogen (secondary N) is 2. The number of hydrogen-bond donors (Lipinski definition) is 3. The Hall–Kier alpha value is -3.30. The number of anilines is 1. The molecule has 3 N–H and O–H groups in total. The highest BCUT2D eigenvalue weighted by Gasteiger charge is 2.31. The van der Waals surface area contributed by atoms with Crippen molar-refractivity contribution in [3.63, 3.8) is 0 Å². The minimum atomic E-state index is -0.508. The normalized spacial score (nSPS) is 20.4. The quantitative estimate of drug-likeness (QED) is 0.487. The van der Waals surface area contributed by atoms with Crippen LogP contribution < -0.4 is 10.6 Å². The van der Waals surface area contributed by atoms with E-state index in [1.807, 2.05) is 29.1 Å². The second-order valence-electron chi connectivity index (χ2n) is 8.20. The van der Waals surface area contributed by atoms with Crippen molar-refractivity contribution in [3.05, 3.63) is 77.9 Å². The Labute approximate surface area is 191 Å². The number of carbonyl (C=O) groups is 1. The average Bonchev–Trinajstić information content (AvgIpc) is 3.26. The maximum absolute atomic E-state index is 13.3. The third kappa shape index (κ3) is 6.59. The maximum Gasteiger partial charge on any atom is 0.319 e. The molecule has 9 heteroatoms. The number of nitrogens with zero attached hydrogens (tertiary/aromatic N) is 3. The summed E-state index contributed by atoms with van der Waals surface area (Å²) < 4.78 is 21.1. The summed E-state index contributed by atoms with van der Waals surface area (Å²) in [5.74, 6) is -0.426. The van der Waals surface area contributed by atoms with Crippen LogP contribution in [0.2, 0.25) is 0 Å². The highest BCUT2D eigenvalue weighted by atomic mass is 19.1. The molecule has 3 atom stereocenters. The largest absolute Gasteiger partial charge is 0.394 e. The van der Waals surface area contributed by atoms with Gasteiger partial charge in [-0.2, -0.15) is 0 Å². The molecule has 1 aliphatic heterocycles. The lowest BCUT2D eigenvalue weighted by Crippen LogP contribution is -2.52. The van der Waals surface area contributed by atoms with E-state index in [0.29, 0.717) is 18.7 Å². The van der Waals surface area contributed by atoms with E-state index in [9.17, 15) is 14.3 Å². The van der Waals surface area contributed by atoms with Crippen molar-refractivity contribution in [2.24, 2.45) is 0 Å². The first-order chi connectivity index (χ1) is 16.1. The zero-order valence-electron chi connectivity index (χ0n) is 18.2. The van der Waals surface area contributed by atoms with Crippen molar-refractivity contribution in [1.29, 1.82) is 0 Å². The van der Waals surface area contributed by atoms with Crippen LogP contribution in [-0.2, 0) is 17.7 Å². The lowest BCUT2D eigenvalue weighted by atomic mass is 9.97. The Balaban J connectivity index is 1.23. The van der Waals surface area contributed by atoms with E-state index in [4.69, 9.17) is 4.74 Å². The average molecular weight is 454 g/mol. The smallest absolute Gasteiger partial charge is 0.319 e. The number of urea groups is 1. The predicted molar refractivity (Wildman–Crippen MR) is 121 cm³/mol. The Morgan fingerprint density at radius 2 is 2.03 bits per heavy atom. The molecule has 4 rings (SSSR count). The van der Waals surface area contributed by atoms with Gasteiger partial charge in [0, 0.05) is 24.8 Å². The minimum Gasteiger partial charge on any atom is -0.394 e. The molecule has 1 aromatic heterocycles. The number of hydrogen-bond acceptors (Lipinski definition) is 5. The van der Waals surface area contributed by atoms with Gasteiger partial charge in [0.25, 0.3) is 0 Å². The van der Waals surface area contributed by atoms with Crippen LogP contribution in [0.4, 0.5) is 14.9 Å². The van der Waals surface area contributed by atoms with Crippen molar-refractivity contribution in [3.8, 4) is 0 Å². The van der Waals surface area contributed by atoms with Crippen LogP contribution in [0, 0.1) is 5.82 Å². The van der Waals surface area contributed by atoms with E-state index in [1.54, 1.807) is 6.07 Å². The summed E-state index contributed by atoms with van der Waals surface area (Å²) in [5, 5.41) is 23.7. The fourth-order valence-electron chi connectivity index (χ4n) is 4.02. The molecule has 1 aliphatic rings. The first-order valence-corrected chi connectivity index (χ1v) is 11.1. The zero-order chi connectivity index (χ0) is 23.0. The van der Waals surface area contributed by atoms with E-state index >= 15 is 0 Å². The number of rotatable bonds is 8. The molecule has 0 bridgehead atoms. The first-order valence-electron chi connectivity index (χ1n) is 11.1. The number of aliphatic hydroxyl groups is 1. The second-order valence-corrected chi connectivity index (χ2v) is 8.20. The van der Waals surface area contributed by atoms with Crippen molar-refractivity contribution >= 4 is 11.7 Å². The zero-order valence-corrected chi connectivity index (χ0v) is 18.2. The van der Waals surface area contributed by atoms with Gasteiger partial charge in [0.05, 0.1) is 24.4 Å². The molecule has 0 aliphatic carbocycles. The van der Waals surface area contributed by atoms with Gasteiger partial charge in [-0.1, -0.05) is 41.6 Å². The molecule has 0 saturated carbocycles. The van der Waals surface area contributed by atoms with Gasteiger partial charge in [-0.15, -0.1) is 5.10 Å². The molecular weight excluding hydrogens is 425 g/mol. The van der Waals surface area contributed by atoms with Crippen molar-refractivity contribution in [1.82, 2.24) is 20.3 Å². The van der Waals surface area contributed by atoms with Crippen molar-refractivity contribution in [2.45, 2.75) is 50.5 Å². The fraction of sp³-hybridized carbons (Fsp3) is 0.375. The van der Waals surface area contributed by atoms with E-state index < -0.39 is 18.0 Å².